The fourth-order valence-electron chi connectivity index (χ4n) is 2.52. The summed E-state index contributed by atoms with van der Waals surface area (Å²) >= 11 is 7.74. The van der Waals surface area contributed by atoms with E-state index in [-0.39, 0.29) is 6.04 Å². The molecule has 3 atom stereocenters. The molecule has 1 aromatic rings. The van der Waals surface area contributed by atoms with Crippen LogP contribution < -0.4 is 5.73 Å². The number of halogens is 1. The normalized spacial score (nSPS) is 25.5. The number of hydrogen-bond donors (Lipinski definition) is 1. The quantitative estimate of drug-likeness (QED) is 0.892. The molecular weight excluding hydrogens is 342 g/mol. The molecule has 1 saturated heterocycles. The van der Waals surface area contributed by atoms with Crippen molar-refractivity contribution in [1.29, 1.82) is 0 Å². The molecule has 0 saturated carbocycles. The lowest BCUT2D eigenvalue weighted by atomic mass is 10.1. The molecule has 3 unspecified atom stereocenters. The van der Waals surface area contributed by atoms with E-state index in [9.17, 15) is 0 Å². The highest BCUT2D eigenvalue weighted by molar-refractivity contribution is 9.10. The third-order valence-corrected chi connectivity index (χ3v) is 7.84. The van der Waals surface area contributed by atoms with E-state index in [2.05, 4.69) is 39.6 Å². The van der Waals surface area contributed by atoms with Gasteiger partial charge in [0.25, 0.3) is 0 Å². The van der Waals surface area contributed by atoms with Crippen LogP contribution in [0.3, 0.4) is 0 Å². The van der Waals surface area contributed by atoms with E-state index in [1.807, 2.05) is 30.4 Å². The van der Waals surface area contributed by atoms with E-state index in [0.717, 1.165) is 23.1 Å². The second kappa shape index (κ2) is 6.87. The van der Waals surface area contributed by atoms with E-state index in [1.165, 1.54) is 17.2 Å². The molecule has 0 amide bonds. The van der Waals surface area contributed by atoms with Gasteiger partial charge >= 0.3 is 0 Å². The predicted molar refractivity (Wildman–Crippen MR) is 90.2 cm³/mol. The number of aromatic nitrogens is 2. The molecule has 0 radical (unpaired) electrons. The first-order chi connectivity index (χ1) is 9.04. The largest absolute Gasteiger partial charge is 0.326 e. The third-order valence-electron chi connectivity index (χ3n) is 3.54. The van der Waals surface area contributed by atoms with Crippen LogP contribution in [0.15, 0.2) is 4.47 Å². The van der Waals surface area contributed by atoms with Crippen LogP contribution in [0.1, 0.15) is 25.2 Å². The van der Waals surface area contributed by atoms with Crippen LogP contribution in [0.5, 0.6) is 0 Å². The van der Waals surface area contributed by atoms with Crippen LogP contribution >= 0.6 is 39.5 Å². The van der Waals surface area contributed by atoms with Gasteiger partial charge in [0, 0.05) is 41.0 Å². The van der Waals surface area contributed by atoms with Gasteiger partial charge in [0.15, 0.2) is 0 Å². The Labute approximate surface area is 132 Å². The molecule has 19 heavy (non-hydrogen) atoms. The van der Waals surface area contributed by atoms with Crippen molar-refractivity contribution < 1.29 is 0 Å². The first-order valence-corrected chi connectivity index (χ1v) is 9.64. The Morgan fingerprint density at radius 3 is 2.79 bits per heavy atom. The van der Waals surface area contributed by atoms with Crippen LogP contribution in [0.2, 0.25) is 0 Å². The second-order valence-electron chi connectivity index (χ2n) is 4.94. The summed E-state index contributed by atoms with van der Waals surface area (Å²) in [5, 5.41) is 5.74. The van der Waals surface area contributed by atoms with E-state index in [1.54, 1.807) is 0 Å². The molecule has 1 aliphatic heterocycles. The lowest BCUT2D eigenvalue weighted by Gasteiger charge is -2.32. The van der Waals surface area contributed by atoms with E-state index in [4.69, 9.17) is 5.73 Å². The first-order valence-electron chi connectivity index (χ1n) is 6.75. The number of nitrogens with zero attached hydrogens (tertiary/aromatic N) is 2. The minimum Gasteiger partial charge on any atom is -0.326 e. The summed E-state index contributed by atoms with van der Waals surface area (Å²) in [6, 6.07) is 0.200. The molecule has 0 bridgehead atoms. The fourth-order valence-corrected chi connectivity index (χ4v) is 5.86. The van der Waals surface area contributed by atoms with Crippen molar-refractivity contribution in [2.75, 3.05) is 11.5 Å². The van der Waals surface area contributed by atoms with E-state index >= 15 is 0 Å². The highest BCUT2D eigenvalue weighted by Crippen LogP contribution is 2.34. The maximum atomic E-state index is 6.48. The average molecular weight is 364 g/mol. The number of thioether (sulfide) groups is 2. The lowest BCUT2D eigenvalue weighted by molar-refractivity contribution is 0.559. The van der Waals surface area contributed by atoms with Gasteiger partial charge in [0.05, 0.1) is 15.9 Å². The standard InChI is InChI=1S/C13H22BrN3S2/c1-4-17-11(12(14)8(2)16-17)7-10(15)13-9(3)18-5-6-19-13/h9-10,13H,4-7,15H2,1-3H3. The van der Waals surface area contributed by atoms with Gasteiger partial charge in [-0.2, -0.15) is 28.6 Å². The maximum absolute atomic E-state index is 6.48. The summed E-state index contributed by atoms with van der Waals surface area (Å²) in [6.07, 6.45) is 0.901. The molecule has 1 aromatic heterocycles. The van der Waals surface area contributed by atoms with Crippen molar-refractivity contribution in [3.8, 4) is 0 Å². The average Bonchev–Trinajstić information content (AvgIpc) is 2.67. The summed E-state index contributed by atoms with van der Waals surface area (Å²) in [5.74, 6) is 2.48. The van der Waals surface area contributed by atoms with Crippen molar-refractivity contribution in [2.45, 2.75) is 50.3 Å². The number of hydrogen-bond acceptors (Lipinski definition) is 4. The number of aryl methyl sites for hydroxylation is 2. The highest BCUT2D eigenvalue weighted by atomic mass is 79.9. The summed E-state index contributed by atoms with van der Waals surface area (Å²) in [7, 11) is 0. The van der Waals surface area contributed by atoms with Crippen molar-refractivity contribution in [1.82, 2.24) is 9.78 Å². The van der Waals surface area contributed by atoms with Gasteiger partial charge in [-0.3, -0.25) is 4.68 Å². The number of nitrogens with two attached hydrogens (primary N) is 1. The smallest absolute Gasteiger partial charge is 0.0738 e. The highest BCUT2D eigenvalue weighted by Gasteiger charge is 2.29. The number of rotatable bonds is 4. The molecule has 0 aromatic carbocycles. The Balaban J connectivity index is 2.11. The zero-order chi connectivity index (χ0) is 14.0. The van der Waals surface area contributed by atoms with Gasteiger partial charge in [0.2, 0.25) is 0 Å². The van der Waals surface area contributed by atoms with Gasteiger partial charge in [-0.1, -0.05) is 6.92 Å². The van der Waals surface area contributed by atoms with Crippen LogP contribution in [-0.2, 0) is 13.0 Å². The van der Waals surface area contributed by atoms with Gasteiger partial charge in [0.1, 0.15) is 0 Å². The Morgan fingerprint density at radius 2 is 2.16 bits per heavy atom. The minimum absolute atomic E-state index is 0.200. The minimum atomic E-state index is 0.200. The summed E-state index contributed by atoms with van der Waals surface area (Å²) < 4.78 is 3.20. The molecule has 1 aliphatic rings. The Hall–Kier alpha value is 0.350. The third kappa shape index (κ3) is 3.52. The van der Waals surface area contributed by atoms with Crippen LogP contribution in [0.4, 0.5) is 0 Å². The Morgan fingerprint density at radius 1 is 1.47 bits per heavy atom. The molecule has 0 spiro atoms. The molecule has 2 rings (SSSR count). The van der Waals surface area contributed by atoms with Crippen molar-refractivity contribution in [3.05, 3.63) is 15.9 Å². The zero-order valence-corrected chi connectivity index (χ0v) is 14.9. The molecule has 2 N–H and O–H groups in total. The van der Waals surface area contributed by atoms with E-state index < -0.39 is 0 Å². The van der Waals surface area contributed by atoms with Crippen molar-refractivity contribution in [2.24, 2.45) is 5.73 Å². The zero-order valence-electron chi connectivity index (χ0n) is 11.7. The molecule has 6 heteroatoms. The monoisotopic (exact) mass is 363 g/mol. The summed E-state index contributed by atoms with van der Waals surface area (Å²) in [6.45, 7) is 7.37. The lowest BCUT2D eigenvalue weighted by Crippen LogP contribution is -2.42. The summed E-state index contributed by atoms with van der Waals surface area (Å²) in [5.41, 5.74) is 8.78. The van der Waals surface area contributed by atoms with Crippen molar-refractivity contribution in [3.63, 3.8) is 0 Å². The van der Waals surface area contributed by atoms with Gasteiger partial charge in [-0.05, 0) is 29.8 Å². The topological polar surface area (TPSA) is 43.8 Å². The van der Waals surface area contributed by atoms with Crippen LogP contribution in [-0.4, -0.2) is 37.8 Å². The fraction of sp³-hybridized carbons (Fsp3) is 0.769. The van der Waals surface area contributed by atoms with Crippen LogP contribution in [0.25, 0.3) is 0 Å². The predicted octanol–water partition coefficient (Wildman–Crippen LogP) is 3.08. The Kier molecular flexibility index (Phi) is 5.69. The maximum Gasteiger partial charge on any atom is 0.0738 e. The second-order valence-corrected chi connectivity index (χ2v) is 8.51. The van der Waals surface area contributed by atoms with Crippen LogP contribution in [0, 0.1) is 6.92 Å². The molecule has 0 aliphatic carbocycles. The molecular formula is C13H22BrN3S2. The molecule has 1 fully saturated rings. The van der Waals surface area contributed by atoms with Gasteiger partial charge in [-0.25, -0.2) is 0 Å². The first kappa shape index (κ1) is 15.7. The SMILES string of the molecule is CCn1nc(C)c(Br)c1CC(N)C1SCCSC1C. The van der Waals surface area contributed by atoms with Gasteiger partial charge in [-0.15, -0.1) is 0 Å². The molecule has 2 heterocycles. The Bertz CT molecular complexity index is 436. The van der Waals surface area contributed by atoms with Crippen molar-refractivity contribution >= 4 is 39.5 Å². The summed E-state index contributed by atoms with van der Waals surface area (Å²) in [4.78, 5) is 0. The van der Waals surface area contributed by atoms with Gasteiger partial charge < -0.3 is 5.73 Å². The van der Waals surface area contributed by atoms with E-state index in [0.29, 0.717) is 10.5 Å². The molecule has 108 valence electrons. The molecule has 3 nitrogen and oxygen atoms in total.